The van der Waals surface area contributed by atoms with Gasteiger partial charge in [-0.05, 0) is 18.4 Å². The Morgan fingerprint density at radius 1 is 1.36 bits per heavy atom. The summed E-state index contributed by atoms with van der Waals surface area (Å²) >= 11 is 0. The SMILES string of the molecule is O=C([O-])[C@H](O)CCc1ccccc1.[Na+]. The van der Waals surface area contributed by atoms with Crippen molar-refractivity contribution in [3.05, 3.63) is 35.9 Å². The molecule has 0 radical (unpaired) electrons. The van der Waals surface area contributed by atoms with Crippen molar-refractivity contribution in [2.45, 2.75) is 18.9 Å². The molecular weight excluding hydrogens is 191 g/mol. The van der Waals surface area contributed by atoms with E-state index >= 15 is 0 Å². The molecule has 0 fully saturated rings. The number of rotatable bonds is 4. The number of carboxylic acid groups (broad SMARTS) is 1. The monoisotopic (exact) mass is 202 g/mol. The molecule has 0 saturated heterocycles. The maximum absolute atomic E-state index is 10.2. The van der Waals surface area contributed by atoms with Crippen LogP contribution in [0.3, 0.4) is 0 Å². The third-order valence-corrected chi connectivity index (χ3v) is 1.82. The minimum absolute atomic E-state index is 0. The number of hydrogen-bond acceptors (Lipinski definition) is 3. The van der Waals surface area contributed by atoms with E-state index in [1.54, 1.807) is 0 Å². The fourth-order valence-electron chi connectivity index (χ4n) is 1.07. The van der Waals surface area contributed by atoms with Gasteiger partial charge in [-0.3, -0.25) is 0 Å². The quantitative estimate of drug-likeness (QED) is 0.521. The molecule has 0 aliphatic rings. The third-order valence-electron chi connectivity index (χ3n) is 1.82. The van der Waals surface area contributed by atoms with Crippen LogP contribution in [-0.4, -0.2) is 17.2 Å². The van der Waals surface area contributed by atoms with E-state index in [4.69, 9.17) is 5.11 Å². The predicted octanol–water partition coefficient (Wildman–Crippen LogP) is -3.27. The molecule has 0 aliphatic heterocycles. The van der Waals surface area contributed by atoms with Crippen LogP contribution in [0.2, 0.25) is 0 Å². The first-order valence-electron chi connectivity index (χ1n) is 4.13. The molecule has 0 unspecified atom stereocenters. The topological polar surface area (TPSA) is 60.4 Å². The number of aliphatic hydroxyl groups excluding tert-OH is 1. The summed E-state index contributed by atoms with van der Waals surface area (Å²) in [6, 6.07) is 9.42. The van der Waals surface area contributed by atoms with E-state index in [0.717, 1.165) is 5.56 Å². The van der Waals surface area contributed by atoms with Gasteiger partial charge in [0, 0.05) is 0 Å². The standard InChI is InChI=1S/C10H12O3.Na/c11-9(10(12)13)7-6-8-4-2-1-3-5-8;/h1-5,9,11H,6-7H2,(H,12,13);/q;+1/p-1/t9-;/m1./s1. The van der Waals surface area contributed by atoms with E-state index in [1.165, 1.54) is 0 Å². The number of carbonyl (C=O) groups excluding carboxylic acids is 1. The van der Waals surface area contributed by atoms with Gasteiger partial charge in [0.25, 0.3) is 0 Å². The largest absolute Gasteiger partial charge is 1.00 e. The Labute approximate surface area is 105 Å². The van der Waals surface area contributed by atoms with Crippen LogP contribution in [0.25, 0.3) is 0 Å². The second-order valence-electron chi connectivity index (χ2n) is 2.86. The minimum atomic E-state index is -1.41. The molecule has 14 heavy (non-hydrogen) atoms. The van der Waals surface area contributed by atoms with Gasteiger partial charge in [-0.25, -0.2) is 0 Å². The summed E-state index contributed by atoms with van der Waals surface area (Å²) in [5.74, 6) is -1.41. The Hall–Kier alpha value is -0.350. The Kier molecular flexibility index (Phi) is 6.83. The molecular formula is C10H11NaO3. The fraction of sp³-hybridized carbons (Fsp3) is 0.300. The van der Waals surface area contributed by atoms with Crippen LogP contribution < -0.4 is 34.7 Å². The number of carboxylic acids is 1. The van der Waals surface area contributed by atoms with Crippen LogP contribution in [0.1, 0.15) is 12.0 Å². The van der Waals surface area contributed by atoms with Crippen molar-refractivity contribution < 1.29 is 44.6 Å². The van der Waals surface area contributed by atoms with E-state index in [0.29, 0.717) is 6.42 Å². The molecule has 4 heteroatoms. The van der Waals surface area contributed by atoms with Crippen molar-refractivity contribution in [2.24, 2.45) is 0 Å². The average Bonchev–Trinajstić information content (AvgIpc) is 2.15. The van der Waals surface area contributed by atoms with Gasteiger partial charge in [-0.1, -0.05) is 30.3 Å². The fourth-order valence-corrected chi connectivity index (χ4v) is 1.07. The summed E-state index contributed by atoms with van der Waals surface area (Å²) in [7, 11) is 0. The Morgan fingerprint density at radius 2 is 1.93 bits per heavy atom. The Bertz CT molecular complexity index is 274. The maximum atomic E-state index is 10.2. The molecule has 0 spiro atoms. The van der Waals surface area contributed by atoms with Crippen molar-refractivity contribution in [3.63, 3.8) is 0 Å². The van der Waals surface area contributed by atoms with Gasteiger partial charge in [0.15, 0.2) is 0 Å². The second kappa shape index (κ2) is 7.01. The van der Waals surface area contributed by atoms with Crippen LogP contribution in [0.15, 0.2) is 30.3 Å². The molecule has 3 nitrogen and oxygen atoms in total. The molecule has 1 rings (SSSR count). The zero-order valence-corrected chi connectivity index (χ0v) is 10.1. The molecule has 0 amide bonds. The van der Waals surface area contributed by atoms with Crippen LogP contribution >= 0.6 is 0 Å². The molecule has 1 atom stereocenters. The average molecular weight is 202 g/mol. The summed E-state index contributed by atoms with van der Waals surface area (Å²) in [6.45, 7) is 0. The zero-order valence-electron chi connectivity index (χ0n) is 8.14. The number of carbonyl (C=O) groups is 1. The van der Waals surface area contributed by atoms with Gasteiger partial charge in [-0.2, -0.15) is 0 Å². The van der Waals surface area contributed by atoms with Gasteiger partial charge in [0.2, 0.25) is 0 Å². The van der Waals surface area contributed by atoms with Crippen molar-refractivity contribution in [2.75, 3.05) is 0 Å². The minimum Gasteiger partial charge on any atom is -0.547 e. The first kappa shape index (κ1) is 13.7. The van der Waals surface area contributed by atoms with E-state index in [-0.39, 0.29) is 36.0 Å². The summed E-state index contributed by atoms with van der Waals surface area (Å²) in [6.07, 6.45) is -0.609. The Balaban J connectivity index is 0.00000169. The summed E-state index contributed by atoms with van der Waals surface area (Å²) in [5, 5.41) is 19.1. The smallest absolute Gasteiger partial charge is 0.547 e. The molecule has 1 aromatic carbocycles. The van der Waals surface area contributed by atoms with Crippen LogP contribution in [0.5, 0.6) is 0 Å². The van der Waals surface area contributed by atoms with Crippen LogP contribution in [0, 0.1) is 0 Å². The first-order chi connectivity index (χ1) is 6.20. The molecule has 0 bridgehead atoms. The molecule has 1 N–H and O–H groups in total. The van der Waals surface area contributed by atoms with Crippen molar-refractivity contribution in [1.29, 1.82) is 0 Å². The number of hydrogen-bond donors (Lipinski definition) is 1. The van der Waals surface area contributed by atoms with Gasteiger partial charge in [0.1, 0.15) is 0 Å². The van der Waals surface area contributed by atoms with Gasteiger partial charge < -0.3 is 15.0 Å². The number of benzene rings is 1. The Morgan fingerprint density at radius 3 is 2.43 bits per heavy atom. The molecule has 70 valence electrons. The van der Waals surface area contributed by atoms with E-state index in [2.05, 4.69) is 0 Å². The van der Waals surface area contributed by atoms with E-state index in [9.17, 15) is 9.90 Å². The molecule has 0 heterocycles. The number of aliphatic carboxylic acids is 1. The number of aryl methyl sites for hydroxylation is 1. The molecule has 0 aromatic heterocycles. The summed E-state index contributed by atoms with van der Waals surface area (Å²) in [4.78, 5) is 10.2. The predicted molar refractivity (Wildman–Crippen MR) is 45.8 cm³/mol. The van der Waals surface area contributed by atoms with Crippen LogP contribution in [-0.2, 0) is 11.2 Å². The van der Waals surface area contributed by atoms with Crippen LogP contribution in [0.4, 0.5) is 0 Å². The van der Waals surface area contributed by atoms with E-state index in [1.807, 2.05) is 30.3 Å². The normalized spacial score (nSPS) is 11.5. The van der Waals surface area contributed by atoms with Gasteiger partial charge >= 0.3 is 29.6 Å². The summed E-state index contributed by atoms with van der Waals surface area (Å²) in [5.41, 5.74) is 1.02. The molecule has 1 aromatic rings. The van der Waals surface area contributed by atoms with Gasteiger partial charge in [-0.15, -0.1) is 0 Å². The molecule has 0 saturated carbocycles. The first-order valence-corrected chi connectivity index (χ1v) is 4.13. The van der Waals surface area contributed by atoms with Gasteiger partial charge in [0.05, 0.1) is 12.1 Å². The van der Waals surface area contributed by atoms with Crippen molar-refractivity contribution in [3.8, 4) is 0 Å². The number of aliphatic hydroxyl groups is 1. The third kappa shape index (κ3) is 4.77. The maximum Gasteiger partial charge on any atom is 1.00 e. The van der Waals surface area contributed by atoms with Crippen molar-refractivity contribution >= 4 is 5.97 Å². The second-order valence-corrected chi connectivity index (χ2v) is 2.86. The van der Waals surface area contributed by atoms with Crippen molar-refractivity contribution in [1.82, 2.24) is 0 Å². The molecule has 0 aliphatic carbocycles. The summed E-state index contributed by atoms with van der Waals surface area (Å²) < 4.78 is 0. The van der Waals surface area contributed by atoms with E-state index < -0.39 is 12.1 Å². The zero-order chi connectivity index (χ0) is 9.68.